The molecule has 6 nitrogen and oxygen atoms in total. The third-order valence-electron chi connectivity index (χ3n) is 6.34. The largest absolute Gasteiger partial charge is 0.334 e. The molecule has 7 heteroatoms. The van der Waals surface area contributed by atoms with Crippen LogP contribution in [-0.2, 0) is 19.5 Å². The summed E-state index contributed by atoms with van der Waals surface area (Å²) in [6, 6.07) is 13.5. The molecule has 1 aliphatic heterocycles. The predicted molar refractivity (Wildman–Crippen MR) is 125 cm³/mol. The lowest BCUT2D eigenvalue weighted by atomic mass is 9.99. The van der Waals surface area contributed by atoms with E-state index in [-0.39, 0.29) is 11.5 Å². The van der Waals surface area contributed by atoms with Crippen LogP contribution in [0.4, 0.5) is 0 Å². The van der Waals surface area contributed by atoms with Crippen molar-refractivity contribution in [1.29, 1.82) is 0 Å². The van der Waals surface area contributed by atoms with E-state index in [1.165, 1.54) is 16.0 Å². The Balaban J connectivity index is 1.60. The first kappa shape index (κ1) is 21.5. The normalized spacial score (nSPS) is 13.6. The minimum Gasteiger partial charge on any atom is -0.334 e. The molecular formula is C24H29N4O2S+. The van der Waals surface area contributed by atoms with Crippen LogP contribution in [0.5, 0.6) is 0 Å². The molecule has 0 fully saturated rings. The molecule has 1 amide bonds. The summed E-state index contributed by atoms with van der Waals surface area (Å²) in [4.78, 5) is 32.6. The number of carbonyl (C=O) groups excluding carboxylic acids is 1. The van der Waals surface area contributed by atoms with Gasteiger partial charge in [-0.2, -0.15) is 0 Å². The fourth-order valence-electron chi connectivity index (χ4n) is 4.32. The summed E-state index contributed by atoms with van der Waals surface area (Å²) in [6.45, 7) is 9.04. The van der Waals surface area contributed by atoms with Gasteiger partial charge in [0.2, 0.25) is 0 Å². The molecule has 0 atom stereocenters. The molecule has 1 aromatic heterocycles. The minimum atomic E-state index is -0.101. The highest BCUT2D eigenvalue weighted by Crippen LogP contribution is 2.21. The van der Waals surface area contributed by atoms with Crippen molar-refractivity contribution in [3.8, 4) is 0 Å². The van der Waals surface area contributed by atoms with Gasteiger partial charge < -0.3 is 14.8 Å². The van der Waals surface area contributed by atoms with Gasteiger partial charge in [0.25, 0.3) is 11.5 Å². The molecule has 0 saturated heterocycles. The summed E-state index contributed by atoms with van der Waals surface area (Å²) in [5.41, 5.74) is 3.59. The van der Waals surface area contributed by atoms with E-state index >= 15 is 0 Å². The third-order valence-corrected chi connectivity index (χ3v) is 6.66. The number of likely N-dealkylation sites (N-methyl/N-ethyl adjacent to an activating group) is 1. The molecule has 1 aliphatic rings. The fourth-order valence-corrected chi connectivity index (χ4v) is 4.60. The maximum atomic E-state index is 13.1. The van der Waals surface area contributed by atoms with Crippen LogP contribution in [0.3, 0.4) is 0 Å². The quantitative estimate of drug-likeness (QED) is 0.581. The minimum absolute atomic E-state index is 0.0231. The van der Waals surface area contributed by atoms with Gasteiger partial charge in [0, 0.05) is 18.7 Å². The van der Waals surface area contributed by atoms with Crippen molar-refractivity contribution in [2.45, 2.75) is 33.4 Å². The molecule has 0 aliphatic carbocycles. The number of rotatable bonds is 6. The first-order chi connectivity index (χ1) is 15.0. The van der Waals surface area contributed by atoms with E-state index in [2.05, 4.69) is 31.0 Å². The maximum Gasteiger partial charge on any atom is 0.262 e. The van der Waals surface area contributed by atoms with Gasteiger partial charge in [-0.25, -0.2) is 0 Å². The second kappa shape index (κ2) is 9.16. The topological polar surface area (TPSA) is 62.5 Å². The molecule has 0 spiro atoms. The van der Waals surface area contributed by atoms with E-state index in [1.807, 2.05) is 17.0 Å². The Bertz CT molecular complexity index is 1230. The van der Waals surface area contributed by atoms with Gasteiger partial charge in [0.1, 0.15) is 0 Å². The number of aromatic nitrogens is 2. The Morgan fingerprint density at radius 2 is 1.87 bits per heavy atom. The number of nitrogens with zero attached hydrogens (tertiary/aromatic N) is 2. The number of quaternary nitrogens is 1. The third kappa shape index (κ3) is 4.34. The van der Waals surface area contributed by atoms with E-state index in [1.54, 1.807) is 22.8 Å². The Hall–Kier alpha value is -2.77. The average molecular weight is 438 g/mol. The molecule has 2 aromatic carbocycles. The highest BCUT2D eigenvalue weighted by molar-refractivity contribution is 7.71. The Morgan fingerprint density at radius 3 is 2.61 bits per heavy atom. The van der Waals surface area contributed by atoms with Crippen molar-refractivity contribution < 1.29 is 9.69 Å². The molecule has 31 heavy (non-hydrogen) atoms. The number of H-pyrrole nitrogens is 1. The smallest absolute Gasteiger partial charge is 0.262 e. The van der Waals surface area contributed by atoms with Crippen LogP contribution in [-0.4, -0.2) is 46.5 Å². The molecule has 0 bridgehead atoms. The number of amides is 1. The monoisotopic (exact) mass is 437 g/mol. The fraction of sp³-hybridized carbons (Fsp3) is 0.375. The van der Waals surface area contributed by atoms with E-state index in [0.29, 0.717) is 40.9 Å². The first-order valence-corrected chi connectivity index (χ1v) is 11.4. The van der Waals surface area contributed by atoms with Crippen molar-refractivity contribution in [3.63, 3.8) is 0 Å². The molecule has 162 valence electrons. The number of fused-ring (bicyclic) bond motifs is 2. The Labute approximate surface area is 187 Å². The summed E-state index contributed by atoms with van der Waals surface area (Å²) >= 11 is 5.47. The van der Waals surface area contributed by atoms with E-state index < -0.39 is 0 Å². The second-order valence-corrected chi connectivity index (χ2v) is 8.49. The second-order valence-electron chi connectivity index (χ2n) is 8.10. The van der Waals surface area contributed by atoms with E-state index in [4.69, 9.17) is 12.2 Å². The highest BCUT2D eigenvalue weighted by Gasteiger charge is 2.22. The van der Waals surface area contributed by atoms with Crippen molar-refractivity contribution in [2.75, 3.05) is 26.2 Å². The molecule has 0 saturated carbocycles. The van der Waals surface area contributed by atoms with Gasteiger partial charge in [-0.1, -0.05) is 24.3 Å². The lowest BCUT2D eigenvalue weighted by Crippen LogP contribution is -3.11. The van der Waals surface area contributed by atoms with Gasteiger partial charge in [-0.15, -0.1) is 0 Å². The summed E-state index contributed by atoms with van der Waals surface area (Å²) in [6.07, 6.45) is 0.858. The lowest BCUT2D eigenvalue weighted by Gasteiger charge is -2.29. The molecule has 4 rings (SSSR count). The van der Waals surface area contributed by atoms with Crippen LogP contribution in [0.15, 0.2) is 47.3 Å². The zero-order chi connectivity index (χ0) is 22.0. The number of hydrogen-bond donors (Lipinski definition) is 2. The van der Waals surface area contributed by atoms with E-state index in [9.17, 15) is 9.59 Å². The molecular weight excluding hydrogens is 408 g/mol. The number of carbonyl (C=O) groups is 1. The molecule has 3 aromatic rings. The predicted octanol–water partition coefficient (Wildman–Crippen LogP) is 2.18. The van der Waals surface area contributed by atoms with Crippen molar-refractivity contribution in [3.05, 3.63) is 74.3 Å². The van der Waals surface area contributed by atoms with Gasteiger partial charge >= 0.3 is 0 Å². The SMILES string of the molecule is CC[NH+](CC)CCn1c(=S)[nH]c2cc(C(=O)N3CCc4ccccc4C3)ccc2c1=O. The van der Waals surface area contributed by atoms with Crippen LogP contribution < -0.4 is 10.5 Å². The molecule has 2 heterocycles. The Morgan fingerprint density at radius 1 is 1.13 bits per heavy atom. The summed E-state index contributed by atoms with van der Waals surface area (Å²) in [5, 5.41) is 0.559. The zero-order valence-corrected chi connectivity index (χ0v) is 18.9. The molecule has 2 N–H and O–H groups in total. The van der Waals surface area contributed by atoms with Crippen molar-refractivity contribution in [1.82, 2.24) is 14.5 Å². The van der Waals surface area contributed by atoms with Crippen LogP contribution in [0, 0.1) is 4.77 Å². The lowest BCUT2D eigenvalue weighted by molar-refractivity contribution is -0.897. The summed E-state index contributed by atoms with van der Waals surface area (Å²) < 4.78 is 2.03. The number of benzene rings is 2. The standard InChI is InChI=1S/C24H28N4O2S/c1-3-26(4-2)13-14-28-23(30)20-10-9-18(15-21(20)25-24(28)31)22(29)27-12-11-17-7-5-6-8-19(17)16-27/h5-10,15H,3-4,11-14,16H2,1-2H3,(H,25,31)/p+1. The van der Waals surface area contributed by atoms with E-state index in [0.717, 1.165) is 26.1 Å². The number of aromatic amines is 1. The number of hydrogen-bond acceptors (Lipinski definition) is 3. The maximum absolute atomic E-state index is 13.1. The van der Waals surface area contributed by atoms with Gasteiger partial charge in [-0.05, 0) is 61.8 Å². The van der Waals surface area contributed by atoms with Gasteiger partial charge in [0.05, 0.1) is 37.1 Å². The van der Waals surface area contributed by atoms with Crippen LogP contribution in [0.1, 0.15) is 35.3 Å². The van der Waals surface area contributed by atoms with Crippen LogP contribution >= 0.6 is 12.2 Å². The molecule has 0 unspecified atom stereocenters. The Kier molecular flexibility index (Phi) is 6.34. The van der Waals surface area contributed by atoms with Crippen molar-refractivity contribution >= 4 is 29.0 Å². The molecule has 0 radical (unpaired) electrons. The average Bonchev–Trinajstić information content (AvgIpc) is 2.80. The highest BCUT2D eigenvalue weighted by atomic mass is 32.1. The van der Waals surface area contributed by atoms with Crippen LogP contribution in [0.2, 0.25) is 0 Å². The first-order valence-electron chi connectivity index (χ1n) is 11.0. The van der Waals surface area contributed by atoms with Crippen LogP contribution in [0.25, 0.3) is 10.9 Å². The van der Waals surface area contributed by atoms with Gasteiger partial charge in [-0.3, -0.25) is 14.2 Å². The van der Waals surface area contributed by atoms with Gasteiger partial charge in [0.15, 0.2) is 4.77 Å². The van der Waals surface area contributed by atoms with Crippen molar-refractivity contribution in [2.24, 2.45) is 0 Å². The zero-order valence-electron chi connectivity index (χ0n) is 18.1. The number of nitrogens with one attached hydrogen (secondary N) is 2. The summed E-state index contributed by atoms with van der Waals surface area (Å²) in [7, 11) is 0. The summed E-state index contributed by atoms with van der Waals surface area (Å²) in [5.74, 6) is -0.0231.